The van der Waals surface area contributed by atoms with E-state index in [0.717, 1.165) is 36.2 Å². The Morgan fingerprint density at radius 3 is 2.37 bits per heavy atom. The highest BCUT2D eigenvalue weighted by Crippen LogP contribution is 2.38. The van der Waals surface area contributed by atoms with E-state index in [1.807, 2.05) is 11.0 Å². The molecule has 2 aromatic rings. The van der Waals surface area contributed by atoms with Gasteiger partial charge in [0, 0.05) is 17.9 Å². The van der Waals surface area contributed by atoms with Gasteiger partial charge in [0.1, 0.15) is 5.75 Å². The Bertz CT molecular complexity index is 937. The zero-order chi connectivity index (χ0) is 19.0. The van der Waals surface area contributed by atoms with Crippen molar-refractivity contribution in [1.29, 1.82) is 0 Å². The average Bonchev–Trinajstić information content (AvgIpc) is 2.99. The molecule has 27 heavy (non-hydrogen) atoms. The maximum atomic E-state index is 12.3. The fraction of sp³-hybridized carbons (Fsp3) is 0.250. The van der Waals surface area contributed by atoms with Crippen molar-refractivity contribution in [3.8, 4) is 5.75 Å². The molecule has 3 amide bonds. The topological polar surface area (TPSA) is 87.7 Å². The summed E-state index contributed by atoms with van der Waals surface area (Å²) in [5.41, 5.74) is 3.96. The molecule has 7 heteroatoms. The fourth-order valence-corrected chi connectivity index (χ4v) is 3.60. The molecule has 0 saturated carbocycles. The second-order valence-corrected chi connectivity index (χ2v) is 6.61. The second-order valence-electron chi connectivity index (χ2n) is 6.61. The van der Waals surface area contributed by atoms with E-state index in [9.17, 15) is 14.4 Å². The van der Waals surface area contributed by atoms with Crippen molar-refractivity contribution in [2.75, 3.05) is 29.2 Å². The van der Waals surface area contributed by atoms with Crippen LogP contribution in [0.3, 0.4) is 0 Å². The van der Waals surface area contributed by atoms with Gasteiger partial charge in [-0.3, -0.25) is 14.4 Å². The Labute approximate surface area is 156 Å². The quantitative estimate of drug-likeness (QED) is 0.816. The third-order valence-corrected chi connectivity index (χ3v) is 4.82. The summed E-state index contributed by atoms with van der Waals surface area (Å²) in [6.07, 6.45) is 2.09. The predicted molar refractivity (Wildman–Crippen MR) is 101 cm³/mol. The van der Waals surface area contributed by atoms with Crippen LogP contribution < -0.4 is 20.3 Å². The highest BCUT2D eigenvalue weighted by atomic mass is 16.5. The zero-order valence-corrected chi connectivity index (χ0v) is 14.9. The van der Waals surface area contributed by atoms with Crippen LogP contribution in [0.4, 0.5) is 17.1 Å². The van der Waals surface area contributed by atoms with Crippen LogP contribution in [0.2, 0.25) is 0 Å². The van der Waals surface area contributed by atoms with Crippen LogP contribution in [0, 0.1) is 0 Å². The molecule has 2 N–H and O–H groups in total. The molecule has 0 unspecified atom stereocenters. The van der Waals surface area contributed by atoms with Gasteiger partial charge in [-0.1, -0.05) is 0 Å². The minimum absolute atomic E-state index is 0.0895. The van der Waals surface area contributed by atoms with Crippen molar-refractivity contribution >= 4 is 34.8 Å². The molecule has 2 aliphatic heterocycles. The standard InChI is InChI=1S/C20H19N3O4/c1-27-16-6-4-14(5-7-16)21-19(25)20(26)22-15-9-12-3-2-8-23-17(24)11-13(10-15)18(12)23/h4-7,9-10H,2-3,8,11H2,1H3,(H,21,25)(H,22,26). The maximum absolute atomic E-state index is 12.3. The van der Waals surface area contributed by atoms with Crippen LogP contribution in [0.1, 0.15) is 17.5 Å². The van der Waals surface area contributed by atoms with Gasteiger partial charge in [0.15, 0.2) is 0 Å². The number of benzene rings is 2. The number of hydrogen-bond donors (Lipinski definition) is 2. The van der Waals surface area contributed by atoms with Gasteiger partial charge in [-0.15, -0.1) is 0 Å². The summed E-state index contributed by atoms with van der Waals surface area (Å²) in [4.78, 5) is 38.3. The van der Waals surface area contributed by atoms with E-state index in [1.54, 1.807) is 37.4 Å². The molecule has 0 spiro atoms. The zero-order valence-electron chi connectivity index (χ0n) is 14.9. The number of aryl methyl sites for hydroxylation is 1. The van der Waals surface area contributed by atoms with E-state index in [-0.39, 0.29) is 5.91 Å². The molecule has 0 saturated heterocycles. The first-order chi connectivity index (χ1) is 13.0. The van der Waals surface area contributed by atoms with Gasteiger partial charge in [-0.2, -0.15) is 0 Å². The van der Waals surface area contributed by atoms with E-state index in [2.05, 4.69) is 10.6 Å². The van der Waals surface area contributed by atoms with Crippen molar-refractivity contribution in [3.63, 3.8) is 0 Å². The average molecular weight is 365 g/mol. The molecule has 0 bridgehead atoms. The molecule has 2 heterocycles. The van der Waals surface area contributed by atoms with Gasteiger partial charge < -0.3 is 20.3 Å². The largest absolute Gasteiger partial charge is 0.497 e. The molecule has 0 atom stereocenters. The monoisotopic (exact) mass is 365 g/mol. The molecule has 138 valence electrons. The predicted octanol–water partition coefficient (Wildman–Crippen LogP) is 2.11. The Morgan fingerprint density at radius 1 is 1.00 bits per heavy atom. The van der Waals surface area contributed by atoms with E-state index in [4.69, 9.17) is 4.74 Å². The molecule has 0 fully saturated rings. The lowest BCUT2D eigenvalue weighted by Crippen LogP contribution is -2.31. The highest BCUT2D eigenvalue weighted by Gasteiger charge is 2.32. The number of methoxy groups -OCH3 is 1. The summed E-state index contributed by atoms with van der Waals surface area (Å²) in [7, 11) is 1.55. The first-order valence-corrected chi connectivity index (χ1v) is 8.77. The Kier molecular flexibility index (Phi) is 4.27. The Hall–Kier alpha value is -3.35. The van der Waals surface area contributed by atoms with Crippen LogP contribution in [-0.2, 0) is 27.2 Å². The van der Waals surface area contributed by atoms with Crippen LogP contribution in [0.15, 0.2) is 36.4 Å². The third-order valence-electron chi connectivity index (χ3n) is 4.82. The van der Waals surface area contributed by atoms with E-state index in [0.29, 0.717) is 23.5 Å². The first kappa shape index (κ1) is 17.1. The minimum Gasteiger partial charge on any atom is -0.497 e. The number of anilines is 3. The second kappa shape index (κ2) is 6.75. The van der Waals surface area contributed by atoms with E-state index < -0.39 is 11.8 Å². The first-order valence-electron chi connectivity index (χ1n) is 8.77. The number of carbonyl (C=O) groups excluding carboxylic acids is 3. The molecule has 4 rings (SSSR count). The van der Waals surface area contributed by atoms with Crippen molar-refractivity contribution in [1.82, 2.24) is 0 Å². The van der Waals surface area contributed by atoms with Crippen LogP contribution in [0.5, 0.6) is 5.75 Å². The maximum Gasteiger partial charge on any atom is 0.314 e. The Balaban J connectivity index is 1.47. The summed E-state index contributed by atoms with van der Waals surface area (Å²) < 4.78 is 5.06. The summed E-state index contributed by atoms with van der Waals surface area (Å²) >= 11 is 0. The molecule has 0 radical (unpaired) electrons. The lowest BCUT2D eigenvalue weighted by atomic mass is 9.99. The number of nitrogens with zero attached hydrogens (tertiary/aromatic N) is 1. The van der Waals surface area contributed by atoms with Crippen molar-refractivity contribution < 1.29 is 19.1 Å². The molecule has 0 aliphatic carbocycles. The van der Waals surface area contributed by atoms with Crippen LogP contribution in [-0.4, -0.2) is 31.4 Å². The van der Waals surface area contributed by atoms with Gasteiger partial charge in [0.25, 0.3) is 0 Å². The smallest absolute Gasteiger partial charge is 0.314 e. The molecule has 0 aromatic heterocycles. The summed E-state index contributed by atoms with van der Waals surface area (Å²) in [5, 5.41) is 5.19. The molecule has 2 aliphatic rings. The number of carbonyl (C=O) groups is 3. The number of hydrogen-bond acceptors (Lipinski definition) is 4. The fourth-order valence-electron chi connectivity index (χ4n) is 3.60. The molecular formula is C20H19N3O4. The number of ether oxygens (including phenoxy) is 1. The van der Waals surface area contributed by atoms with Crippen LogP contribution in [0.25, 0.3) is 0 Å². The van der Waals surface area contributed by atoms with Gasteiger partial charge in [0.05, 0.1) is 19.2 Å². The molecule has 7 nitrogen and oxygen atoms in total. The number of amides is 3. The van der Waals surface area contributed by atoms with E-state index in [1.165, 1.54) is 0 Å². The minimum atomic E-state index is -0.757. The van der Waals surface area contributed by atoms with Gasteiger partial charge in [-0.05, 0) is 60.4 Å². The number of nitrogens with one attached hydrogen (secondary N) is 2. The van der Waals surface area contributed by atoms with Gasteiger partial charge in [-0.25, -0.2) is 0 Å². The SMILES string of the molecule is COc1ccc(NC(=O)C(=O)Nc2cc3c4c(c2)CC(=O)N4CCC3)cc1. The normalized spacial score (nSPS) is 14.6. The summed E-state index contributed by atoms with van der Waals surface area (Å²) in [5.74, 6) is -0.762. The summed E-state index contributed by atoms with van der Waals surface area (Å²) in [6, 6.07) is 10.3. The lowest BCUT2D eigenvalue weighted by molar-refractivity contribution is -0.132. The third kappa shape index (κ3) is 3.23. The van der Waals surface area contributed by atoms with E-state index >= 15 is 0 Å². The Morgan fingerprint density at radius 2 is 1.67 bits per heavy atom. The van der Waals surface area contributed by atoms with Gasteiger partial charge >= 0.3 is 11.8 Å². The molecule has 2 aromatic carbocycles. The molecular weight excluding hydrogens is 346 g/mol. The number of rotatable bonds is 3. The van der Waals surface area contributed by atoms with Crippen molar-refractivity contribution in [2.24, 2.45) is 0 Å². The van der Waals surface area contributed by atoms with Gasteiger partial charge in [0.2, 0.25) is 5.91 Å². The van der Waals surface area contributed by atoms with Crippen molar-refractivity contribution in [3.05, 3.63) is 47.5 Å². The summed E-state index contributed by atoms with van der Waals surface area (Å²) in [6.45, 7) is 0.745. The highest BCUT2D eigenvalue weighted by molar-refractivity contribution is 6.43. The lowest BCUT2D eigenvalue weighted by Gasteiger charge is -2.26. The van der Waals surface area contributed by atoms with Crippen molar-refractivity contribution in [2.45, 2.75) is 19.3 Å². The van der Waals surface area contributed by atoms with Crippen LogP contribution >= 0.6 is 0 Å².